The second-order valence-electron chi connectivity index (χ2n) is 7.49. The normalized spacial score (nSPS) is 13.8. The fourth-order valence-corrected chi connectivity index (χ4v) is 3.54. The van der Waals surface area contributed by atoms with Crippen LogP contribution in [0.25, 0.3) is 22.5 Å². The molecule has 4 N–H and O–H groups in total. The summed E-state index contributed by atoms with van der Waals surface area (Å²) in [6, 6.07) is 14.7. The maximum atomic E-state index is 5.93. The van der Waals surface area contributed by atoms with Crippen LogP contribution in [0, 0.1) is 0 Å². The second kappa shape index (κ2) is 9.94. The number of nitrogens with two attached hydrogens (primary N) is 1. The summed E-state index contributed by atoms with van der Waals surface area (Å²) in [5, 5.41) is 8.17. The first-order valence-electron chi connectivity index (χ1n) is 10.2. The molecule has 156 valence electrons. The molecule has 1 aliphatic rings. The zero-order valence-corrected chi connectivity index (χ0v) is 18.1. The highest BCUT2D eigenvalue weighted by Crippen LogP contribution is 2.21. The molecule has 2 aromatic carbocycles. The van der Waals surface area contributed by atoms with Crippen LogP contribution in [0.5, 0.6) is 0 Å². The van der Waals surface area contributed by atoms with E-state index in [9.17, 15) is 0 Å². The summed E-state index contributed by atoms with van der Waals surface area (Å²) in [6.45, 7) is 6.05. The largest absolute Gasteiger partial charge is 0.397 e. The predicted molar refractivity (Wildman–Crippen MR) is 129 cm³/mol. The van der Waals surface area contributed by atoms with Crippen molar-refractivity contribution < 1.29 is 0 Å². The Hall–Kier alpha value is -3.31. The average Bonchev–Trinajstić information content (AvgIpc) is 2.78. The van der Waals surface area contributed by atoms with E-state index in [1.807, 2.05) is 44.6 Å². The molecule has 5 nitrogen and oxygen atoms in total. The van der Waals surface area contributed by atoms with Gasteiger partial charge in [0.1, 0.15) is 5.82 Å². The van der Waals surface area contributed by atoms with Crippen molar-refractivity contribution in [2.75, 3.05) is 33.0 Å². The lowest BCUT2D eigenvalue weighted by Gasteiger charge is -2.25. The van der Waals surface area contributed by atoms with Crippen LogP contribution in [-0.4, -0.2) is 37.6 Å². The van der Waals surface area contributed by atoms with Gasteiger partial charge in [0, 0.05) is 45.0 Å². The predicted octanol–water partition coefficient (Wildman–Crippen LogP) is 4.07. The number of benzene rings is 2. The van der Waals surface area contributed by atoms with Gasteiger partial charge < -0.3 is 21.3 Å². The number of hydrogen-bond acceptors (Lipinski definition) is 5. The number of nitrogens with zero attached hydrogens (tertiary/aromatic N) is 2. The van der Waals surface area contributed by atoms with E-state index >= 15 is 0 Å². The molecule has 3 aromatic rings. The van der Waals surface area contributed by atoms with E-state index in [1.165, 1.54) is 29.7 Å². The minimum absolute atomic E-state index is 0.720. The first kappa shape index (κ1) is 21.4. The molecule has 0 unspecified atom stereocenters. The zero-order valence-electron chi connectivity index (χ0n) is 18.1. The van der Waals surface area contributed by atoms with Gasteiger partial charge in [0.15, 0.2) is 0 Å². The Morgan fingerprint density at radius 3 is 2.67 bits per heavy atom. The third-order valence-corrected chi connectivity index (χ3v) is 5.28. The van der Waals surface area contributed by atoms with Crippen LogP contribution >= 0.6 is 0 Å². The van der Waals surface area contributed by atoms with Crippen LogP contribution in [0.1, 0.15) is 22.3 Å². The van der Waals surface area contributed by atoms with E-state index in [0.717, 1.165) is 34.4 Å². The fourth-order valence-electron chi connectivity index (χ4n) is 3.54. The minimum atomic E-state index is 0.720. The summed E-state index contributed by atoms with van der Waals surface area (Å²) >= 11 is 0. The highest BCUT2D eigenvalue weighted by Gasteiger charge is 2.12. The Balaban J connectivity index is 0.000000177. The molecule has 0 saturated carbocycles. The van der Waals surface area contributed by atoms with Crippen molar-refractivity contribution in [1.29, 1.82) is 0 Å². The van der Waals surface area contributed by atoms with Crippen LogP contribution < -0.4 is 16.4 Å². The third-order valence-electron chi connectivity index (χ3n) is 5.28. The van der Waals surface area contributed by atoms with E-state index in [1.54, 1.807) is 6.20 Å². The van der Waals surface area contributed by atoms with Crippen LogP contribution in [-0.2, 0) is 13.0 Å². The number of fused-ring (bicyclic) bond motifs is 2. The monoisotopic (exact) mass is 401 g/mol. The number of nitrogens with one attached hydrogen (secondary N) is 2. The van der Waals surface area contributed by atoms with Crippen LogP contribution in [0.2, 0.25) is 0 Å². The highest BCUT2D eigenvalue weighted by molar-refractivity contribution is 5.87. The van der Waals surface area contributed by atoms with Crippen molar-refractivity contribution in [2.45, 2.75) is 13.0 Å². The lowest BCUT2D eigenvalue weighted by atomic mass is 9.98. The minimum Gasteiger partial charge on any atom is -0.397 e. The fraction of sp³-hybridized carbons (Fsp3) is 0.240. The molecule has 0 radical (unpaired) electrons. The molecule has 4 rings (SSSR count). The Labute approximate surface area is 179 Å². The molecule has 0 fully saturated rings. The van der Waals surface area contributed by atoms with Gasteiger partial charge in [-0.2, -0.15) is 0 Å². The maximum absolute atomic E-state index is 5.93. The first-order chi connectivity index (χ1) is 14.5. The van der Waals surface area contributed by atoms with Crippen molar-refractivity contribution in [3.63, 3.8) is 0 Å². The molecule has 0 amide bonds. The summed E-state index contributed by atoms with van der Waals surface area (Å²) in [5.41, 5.74) is 11.9. The Bertz CT molecular complexity index is 1050. The van der Waals surface area contributed by atoms with Crippen molar-refractivity contribution in [1.82, 2.24) is 15.2 Å². The third kappa shape index (κ3) is 5.19. The SMILES string of the molecule is C=Cc1ccc2c(c1)CCN(C)C2.CN/C=C(\N)c1ccc2cnc(NC)cc2c1. The van der Waals surface area contributed by atoms with Gasteiger partial charge in [0.05, 0.1) is 5.70 Å². The molecule has 0 atom stereocenters. The van der Waals surface area contributed by atoms with Gasteiger partial charge in [-0.1, -0.05) is 43.0 Å². The highest BCUT2D eigenvalue weighted by atomic mass is 15.1. The summed E-state index contributed by atoms with van der Waals surface area (Å²) in [7, 11) is 5.86. The summed E-state index contributed by atoms with van der Waals surface area (Å²) in [6.07, 6.45) is 6.72. The summed E-state index contributed by atoms with van der Waals surface area (Å²) in [5.74, 6) is 0.853. The first-order valence-corrected chi connectivity index (χ1v) is 10.2. The standard InChI is InChI=1S/C13H16N4.C12H15N/c1-15-8-12(14)9-3-4-10-7-17-13(16-2)6-11(10)5-9;1-3-10-4-5-12-9-13(2)7-6-11(12)8-10/h3-8,15H,14H2,1-2H3,(H,16,17);3-5,8H,1,6-7,9H2,2H3/b12-8-;. The second-order valence-corrected chi connectivity index (χ2v) is 7.49. The lowest BCUT2D eigenvalue weighted by Crippen LogP contribution is -2.26. The topological polar surface area (TPSA) is 66.2 Å². The van der Waals surface area contributed by atoms with Gasteiger partial charge in [-0.25, -0.2) is 4.98 Å². The molecular formula is C25H31N5. The molecule has 0 bridgehead atoms. The van der Waals surface area contributed by atoms with E-state index < -0.39 is 0 Å². The Kier molecular flexibility index (Phi) is 7.09. The molecule has 2 heterocycles. The maximum Gasteiger partial charge on any atom is 0.126 e. The molecule has 0 spiro atoms. The Morgan fingerprint density at radius 1 is 1.10 bits per heavy atom. The van der Waals surface area contributed by atoms with Crippen molar-refractivity contribution in [2.24, 2.45) is 5.73 Å². The van der Waals surface area contributed by atoms with Gasteiger partial charge in [-0.15, -0.1) is 0 Å². The van der Waals surface area contributed by atoms with E-state index in [-0.39, 0.29) is 0 Å². The van der Waals surface area contributed by atoms with Crippen LogP contribution in [0.3, 0.4) is 0 Å². The number of pyridine rings is 1. The zero-order chi connectivity index (χ0) is 21.5. The molecule has 1 aromatic heterocycles. The van der Waals surface area contributed by atoms with E-state index in [4.69, 9.17) is 5.73 Å². The average molecular weight is 402 g/mol. The van der Waals surface area contributed by atoms with Gasteiger partial charge in [0.2, 0.25) is 0 Å². The molecule has 0 aliphatic carbocycles. The van der Waals surface area contributed by atoms with Crippen LogP contribution in [0.15, 0.2) is 61.4 Å². The number of likely N-dealkylation sites (N-methyl/N-ethyl adjacent to an activating group) is 1. The van der Waals surface area contributed by atoms with Crippen molar-refractivity contribution in [3.05, 3.63) is 83.7 Å². The number of rotatable bonds is 4. The number of anilines is 1. The molecular weight excluding hydrogens is 370 g/mol. The molecule has 1 aliphatic heterocycles. The van der Waals surface area contributed by atoms with Gasteiger partial charge >= 0.3 is 0 Å². The summed E-state index contributed by atoms with van der Waals surface area (Å²) < 4.78 is 0. The number of aromatic nitrogens is 1. The molecule has 5 heteroatoms. The lowest BCUT2D eigenvalue weighted by molar-refractivity contribution is 0.313. The van der Waals surface area contributed by atoms with E-state index in [0.29, 0.717) is 0 Å². The van der Waals surface area contributed by atoms with Crippen molar-refractivity contribution in [3.8, 4) is 0 Å². The molecule has 30 heavy (non-hydrogen) atoms. The quantitative estimate of drug-likeness (QED) is 0.615. The van der Waals surface area contributed by atoms with Crippen molar-refractivity contribution >= 4 is 28.4 Å². The van der Waals surface area contributed by atoms with Gasteiger partial charge in [0.25, 0.3) is 0 Å². The summed E-state index contributed by atoms with van der Waals surface area (Å²) in [4.78, 5) is 6.62. The van der Waals surface area contributed by atoms with Gasteiger partial charge in [-0.05, 0) is 53.2 Å². The van der Waals surface area contributed by atoms with Gasteiger partial charge in [-0.3, -0.25) is 0 Å². The van der Waals surface area contributed by atoms with E-state index in [2.05, 4.69) is 58.4 Å². The smallest absolute Gasteiger partial charge is 0.126 e. The Morgan fingerprint density at radius 2 is 1.93 bits per heavy atom. The van der Waals surface area contributed by atoms with Crippen LogP contribution in [0.4, 0.5) is 5.82 Å². The molecule has 0 saturated heterocycles. The number of hydrogen-bond donors (Lipinski definition) is 3.